The lowest BCUT2D eigenvalue weighted by Crippen LogP contribution is -2.37. The number of benzene rings is 1. The summed E-state index contributed by atoms with van der Waals surface area (Å²) in [6, 6.07) is 5.92. The van der Waals surface area contributed by atoms with Crippen LogP contribution in [0.1, 0.15) is 5.56 Å². The molecule has 82 valence electrons. The molecule has 1 aromatic rings. The summed E-state index contributed by atoms with van der Waals surface area (Å²) in [6.07, 6.45) is 0. The molecule has 1 aromatic carbocycles. The van der Waals surface area contributed by atoms with E-state index in [0.29, 0.717) is 6.54 Å². The van der Waals surface area contributed by atoms with Gasteiger partial charge in [-0.25, -0.2) is 0 Å². The maximum atomic E-state index is 6.11. The lowest BCUT2D eigenvalue weighted by molar-refractivity contribution is 0.122. The van der Waals surface area contributed by atoms with Gasteiger partial charge >= 0.3 is 0 Å². The topological polar surface area (TPSA) is 38.5 Å². The van der Waals surface area contributed by atoms with Crippen molar-refractivity contribution in [3.05, 3.63) is 28.8 Å². The van der Waals surface area contributed by atoms with Crippen molar-refractivity contribution in [2.45, 2.75) is 6.54 Å². The number of hydrogen-bond acceptors (Lipinski definition) is 3. The number of nitrogens with two attached hydrogens (primary N) is 1. The second kappa shape index (κ2) is 4.84. The summed E-state index contributed by atoms with van der Waals surface area (Å²) in [7, 11) is 0. The maximum Gasteiger partial charge on any atom is 0.0642 e. The van der Waals surface area contributed by atoms with Crippen LogP contribution in [0.3, 0.4) is 0 Å². The molecule has 0 saturated carbocycles. The molecule has 4 heteroatoms. The van der Waals surface area contributed by atoms with Crippen molar-refractivity contribution in [2.75, 3.05) is 31.2 Å². The molecule has 15 heavy (non-hydrogen) atoms. The minimum absolute atomic E-state index is 0.479. The number of morpholine rings is 1. The van der Waals surface area contributed by atoms with Gasteiger partial charge < -0.3 is 15.4 Å². The van der Waals surface area contributed by atoms with Gasteiger partial charge in [-0.05, 0) is 12.1 Å². The Hall–Kier alpha value is -0.770. The van der Waals surface area contributed by atoms with Crippen molar-refractivity contribution in [3.63, 3.8) is 0 Å². The number of hydrogen-bond donors (Lipinski definition) is 1. The fourth-order valence-corrected chi connectivity index (χ4v) is 2.10. The Morgan fingerprint density at radius 2 is 2.07 bits per heavy atom. The van der Waals surface area contributed by atoms with Gasteiger partial charge in [0, 0.05) is 35.9 Å². The molecule has 0 aliphatic carbocycles. The Balaban J connectivity index is 2.29. The molecule has 0 amide bonds. The summed E-state index contributed by atoms with van der Waals surface area (Å²) in [4.78, 5) is 2.28. The summed E-state index contributed by atoms with van der Waals surface area (Å²) in [6.45, 7) is 3.85. The van der Waals surface area contributed by atoms with Crippen LogP contribution in [-0.2, 0) is 11.3 Å². The summed E-state index contributed by atoms with van der Waals surface area (Å²) in [5, 5.41) is 0.751. The van der Waals surface area contributed by atoms with Gasteiger partial charge in [-0.2, -0.15) is 0 Å². The molecule has 0 atom stereocenters. The molecule has 2 N–H and O–H groups in total. The Morgan fingerprint density at radius 1 is 1.33 bits per heavy atom. The molecule has 0 bridgehead atoms. The van der Waals surface area contributed by atoms with E-state index in [1.165, 1.54) is 0 Å². The van der Waals surface area contributed by atoms with Gasteiger partial charge in [-0.3, -0.25) is 0 Å². The molecule has 1 aliphatic heterocycles. The normalized spacial score (nSPS) is 16.8. The molecular formula is C11H15ClN2O. The van der Waals surface area contributed by atoms with E-state index in [1.54, 1.807) is 0 Å². The predicted molar refractivity (Wildman–Crippen MR) is 62.4 cm³/mol. The van der Waals surface area contributed by atoms with Gasteiger partial charge in [0.25, 0.3) is 0 Å². The van der Waals surface area contributed by atoms with Crippen molar-refractivity contribution >= 4 is 17.3 Å². The second-order valence-electron chi connectivity index (χ2n) is 3.54. The summed E-state index contributed by atoms with van der Waals surface area (Å²) in [5.74, 6) is 0. The van der Waals surface area contributed by atoms with Crippen molar-refractivity contribution in [2.24, 2.45) is 5.73 Å². The van der Waals surface area contributed by atoms with E-state index in [9.17, 15) is 0 Å². The Labute approximate surface area is 94.8 Å². The van der Waals surface area contributed by atoms with Crippen LogP contribution in [0.4, 0.5) is 5.69 Å². The van der Waals surface area contributed by atoms with E-state index in [4.69, 9.17) is 22.1 Å². The number of halogens is 1. The van der Waals surface area contributed by atoms with Gasteiger partial charge in [0.2, 0.25) is 0 Å². The van der Waals surface area contributed by atoms with E-state index in [1.807, 2.05) is 12.1 Å². The van der Waals surface area contributed by atoms with E-state index < -0.39 is 0 Å². The average molecular weight is 227 g/mol. The zero-order valence-electron chi connectivity index (χ0n) is 8.58. The Morgan fingerprint density at radius 3 is 2.73 bits per heavy atom. The molecule has 0 radical (unpaired) electrons. The highest BCUT2D eigenvalue weighted by Gasteiger charge is 2.15. The zero-order valence-corrected chi connectivity index (χ0v) is 9.33. The number of nitrogens with zero attached hydrogens (tertiary/aromatic N) is 1. The van der Waals surface area contributed by atoms with Crippen molar-refractivity contribution in [3.8, 4) is 0 Å². The van der Waals surface area contributed by atoms with Crippen LogP contribution in [0.25, 0.3) is 0 Å². The van der Waals surface area contributed by atoms with Gasteiger partial charge in [-0.1, -0.05) is 17.7 Å². The molecule has 1 aliphatic rings. The molecule has 1 fully saturated rings. The summed E-state index contributed by atoms with van der Waals surface area (Å²) in [5.41, 5.74) is 7.89. The third-order valence-corrected chi connectivity index (χ3v) is 3.00. The number of rotatable bonds is 2. The van der Waals surface area contributed by atoms with Crippen LogP contribution < -0.4 is 10.6 Å². The first-order chi connectivity index (χ1) is 7.33. The molecule has 2 rings (SSSR count). The maximum absolute atomic E-state index is 6.11. The highest BCUT2D eigenvalue weighted by atomic mass is 35.5. The molecule has 1 saturated heterocycles. The van der Waals surface area contributed by atoms with Crippen molar-refractivity contribution in [1.82, 2.24) is 0 Å². The van der Waals surface area contributed by atoms with E-state index in [0.717, 1.165) is 42.6 Å². The minimum Gasteiger partial charge on any atom is -0.378 e. The Bertz CT molecular complexity index is 337. The molecule has 0 aromatic heterocycles. The lowest BCUT2D eigenvalue weighted by Gasteiger charge is -2.30. The van der Waals surface area contributed by atoms with Gasteiger partial charge in [0.1, 0.15) is 0 Å². The van der Waals surface area contributed by atoms with E-state index in [2.05, 4.69) is 11.0 Å². The van der Waals surface area contributed by atoms with Crippen LogP contribution in [0.2, 0.25) is 5.02 Å². The first kappa shape index (κ1) is 10.7. The van der Waals surface area contributed by atoms with Crippen LogP contribution in [0, 0.1) is 0 Å². The van der Waals surface area contributed by atoms with Crippen LogP contribution in [-0.4, -0.2) is 26.3 Å². The van der Waals surface area contributed by atoms with E-state index >= 15 is 0 Å². The largest absolute Gasteiger partial charge is 0.378 e. The second-order valence-corrected chi connectivity index (χ2v) is 3.95. The molecule has 1 heterocycles. The molecule has 3 nitrogen and oxygen atoms in total. The predicted octanol–water partition coefficient (Wildman–Crippen LogP) is 1.64. The number of ether oxygens (including phenoxy) is 1. The number of anilines is 1. The van der Waals surface area contributed by atoms with Gasteiger partial charge in [-0.15, -0.1) is 0 Å². The quantitative estimate of drug-likeness (QED) is 0.833. The van der Waals surface area contributed by atoms with Crippen molar-refractivity contribution < 1.29 is 4.74 Å². The Kier molecular flexibility index (Phi) is 3.46. The van der Waals surface area contributed by atoms with Crippen molar-refractivity contribution in [1.29, 1.82) is 0 Å². The SMILES string of the molecule is NCc1c(Cl)cccc1N1CCOCC1. The third kappa shape index (κ3) is 2.25. The summed E-state index contributed by atoms with van der Waals surface area (Å²) < 4.78 is 5.32. The van der Waals surface area contributed by atoms with Gasteiger partial charge in [0.05, 0.1) is 13.2 Å². The van der Waals surface area contributed by atoms with Crippen LogP contribution >= 0.6 is 11.6 Å². The molecule has 0 unspecified atom stereocenters. The monoisotopic (exact) mass is 226 g/mol. The summed E-state index contributed by atoms with van der Waals surface area (Å²) >= 11 is 6.11. The highest BCUT2D eigenvalue weighted by molar-refractivity contribution is 6.31. The molecule has 0 spiro atoms. The first-order valence-electron chi connectivity index (χ1n) is 5.13. The zero-order chi connectivity index (χ0) is 10.7. The third-order valence-electron chi connectivity index (χ3n) is 2.65. The smallest absolute Gasteiger partial charge is 0.0642 e. The fourth-order valence-electron chi connectivity index (χ4n) is 1.85. The average Bonchev–Trinajstić information content (AvgIpc) is 2.30. The minimum atomic E-state index is 0.479. The first-order valence-corrected chi connectivity index (χ1v) is 5.51. The standard InChI is InChI=1S/C11H15ClN2O/c12-10-2-1-3-11(9(10)8-13)14-4-6-15-7-5-14/h1-3H,4-8,13H2. The van der Waals surface area contributed by atoms with Crippen LogP contribution in [0.5, 0.6) is 0 Å². The highest BCUT2D eigenvalue weighted by Crippen LogP contribution is 2.27. The van der Waals surface area contributed by atoms with E-state index in [-0.39, 0.29) is 0 Å². The molecular weight excluding hydrogens is 212 g/mol. The van der Waals surface area contributed by atoms with Gasteiger partial charge in [0.15, 0.2) is 0 Å². The lowest BCUT2D eigenvalue weighted by atomic mass is 10.1. The fraction of sp³-hybridized carbons (Fsp3) is 0.455. The van der Waals surface area contributed by atoms with Crippen LogP contribution in [0.15, 0.2) is 18.2 Å².